The first kappa shape index (κ1) is 14.0. The van der Waals surface area contributed by atoms with Crippen LogP contribution in [0.15, 0.2) is 24.5 Å². The second-order valence-electron chi connectivity index (χ2n) is 6.13. The predicted molar refractivity (Wildman–Crippen MR) is 77.4 cm³/mol. The predicted octanol–water partition coefficient (Wildman–Crippen LogP) is 1.93. The summed E-state index contributed by atoms with van der Waals surface area (Å²) >= 11 is 0. The number of nitrogens with zero attached hydrogens (tertiary/aromatic N) is 1. The fourth-order valence-corrected chi connectivity index (χ4v) is 3.48. The van der Waals surface area contributed by atoms with Crippen LogP contribution in [0, 0.1) is 5.92 Å². The van der Waals surface area contributed by atoms with Gasteiger partial charge in [-0.3, -0.25) is 4.98 Å². The highest BCUT2D eigenvalue weighted by molar-refractivity contribution is 5.10. The van der Waals surface area contributed by atoms with Crippen LogP contribution in [0.2, 0.25) is 0 Å². The first-order valence-corrected chi connectivity index (χ1v) is 7.64. The van der Waals surface area contributed by atoms with Gasteiger partial charge in [0.25, 0.3) is 0 Å². The second kappa shape index (κ2) is 6.20. The molecule has 3 rings (SSSR count). The molecule has 0 bridgehead atoms. The van der Waals surface area contributed by atoms with Crippen molar-refractivity contribution in [3.05, 3.63) is 30.1 Å². The van der Waals surface area contributed by atoms with Gasteiger partial charge >= 0.3 is 0 Å². The Kier molecular flexibility index (Phi) is 4.34. The Hall–Kier alpha value is -0.970. The van der Waals surface area contributed by atoms with Crippen LogP contribution in [0.25, 0.3) is 0 Å². The third kappa shape index (κ3) is 3.19. The van der Waals surface area contributed by atoms with Crippen molar-refractivity contribution in [2.24, 2.45) is 11.7 Å². The van der Waals surface area contributed by atoms with E-state index in [1.807, 2.05) is 12.3 Å². The average molecular weight is 276 g/mol. The summed E-state index contributed by atoms with van der Waals surface area (Å²) in [6.07, 6.45) is 8.82. The molecule has 2 unspecified atom stereocenters. The van der Waals surface area contributed by atoms with Gasteiger partial charge in [-0.15, -0.1) is 0 Å². The van der Waals surface area contributed by atoms with Gasteiger partial charge in [0, 0.05) is 38.3 Å². The molecule has 3 heterocycles. The second-order valence-corrected chi connectivity index (χ2v) is 6.13. The van der Waals surface area contributed by atoms with Gasteiger partial charge in [-0.05, 0) is 49.7 Å². The van der Waals surface area contributed by atoms with E-state index in [1.54, 1.807) is 6.20 Å². The van der Waals surface area contributed by atoms with Crippen LogP contribution in [-0.2, 0) is 15.9 Å². The Morgan fingerprint density at radius 2 is 2.20 bits per heavy atom. The van der Waals surface area contributed by atoms with E-state index in [9.17, 15) is 0 Å². The molecule has 2 aliphatic rings. The molecule has 0 aromatic carbocycles. The molecule has 1 aromatic heterocycles. The minimum atomic E-state index is 0.0354. The maximum Gasteiger partial charge on any atom is 0.0729 e. The van der Waals surface area contributed by atoms with E-state index in [0.717, 1.165) is 51.9 Å². The lowest BCUT2D eigenvalue weighted by Crippen LogP contribution is -2.48. The van der Waals surface area contributed by atoms with Crippen molar-refractivity contribution >= 4 is 0 Å². The van der Waals surface area contributed by atoms with Crippen molar-refractivity contribution in [3.8, 4) is 0 Å². The van der Waals surface area contributed by atoms with Gasteiger partial charge in [-0.2, -0.15) is 0 Å². The first-order chi connectivity index (χ1) is 9.77. The topological polar surface area (TPSA) is 57.4 Å². The molecule has 110 valence electrons. The smallest absolute Gasteiger partial charge is 0.0729 e. The van der Waals surface area contributed by atoms with E-state index in [2.05, 4.69) is 11.1 Å². The number of hydrogen-bond donors (Lipinski definition) is 1. The van der Waals surface area contributed by atoms with Crippen LogP contribution in [0.1, 0.15) is 31.2 Å². The summed E-state index contributed by atoms with van der Waals surface area (Å²) in [6, 6.07) is 4.28. The summed E-state index contributed by atoms with van der Waals surface area (Å²) < 4.78 is 11.6. The molecule has 1 aromatic rings. The number of hydrogen-bond acceptors (Lipinski definition) is 4. The number of ether oxygens (including phenoxy) is 2. The molecule has 2 fully saturated rings. The molecule has 0 aliphatic carbocycles. The largest absolute Gasteiger partial charge is 0.381 e. The summed E-state index contributed by atoms with van der Waals surface area (Å²) in [5.41, 5.74) is 7.72. The normalized spacial score (nSPS) is 27.4. The Labute approximate surface area is 120 Å². The quantitative estimate of drug-likeness (QED) is 0.916. The van der Waals surface area contributed by atoms with E-state index in [-0.39, 0.29) is 11.6 Å². The van der Waals surface area contributed by atoms with Crippen molar-refractivity contribution < 1.29 is 9.47 Å². The average Bonchev–Trinajstić information content (AvgIpc) is 2.49. The maximum absolute atomic E-state index is 6.46. The van der Waals surface area contributed by atoms with Gasteiger partial charge in [0.15, 0.2) is 0 Å². The number of rotatable bonds is 3. The molecule has 0 amide bonds. The van der Waals surface area contributed by atoms with Crippen LogP contribution in [-0.4, -0.2) is 36.4 Å². The van der Waals surface area contributed by atoms with Crippen molar-refractivity contribution in [1.82, 2.24) is 4.98 Å². The fraction of sp³-hybridized carbons (Fsp3) is 0.688. The minimum Gasteiger partial charge on any atom is -0.381 e. The maximum atomic E-state index is 6.46. The van der Waals surface area contributed by atoms with Crippen LogP contribution >= 0.6 is 0 Å². The molecule has 2 aliphatic heterocycles. The lowest BCUT2D eigenvalue weighted by molar-refractivity contribution is -0.149. The van der Waals surface area contributed by atoms with Crippen LogP contribution in [0.4, 0.5) is 0 Å². The van der Waals surface area contributed by atoms with E-state index >= 15 is 0 Å². The first-order valence-electron chi connectivity index (χ1n) is 7.64. The zero-order valence-corrected chi connectivity index (χ0v) is 12.0. The molecule has 0 saturated carbocycles. The molecule has 4 heteroatoms. The molecular formula is C16H24N2O2. The SMILES string of the molecule is NC(Cc1cccnc1)C1CCOC2(CCOCC2)C1. The number of nitrogens with two attached hydrogens (primary N) is 1. The molecular weight excluding hydrogens is 252 g/mol. The van der Waals surface area contributed by atoms with Crippen LogP contribution in [0.3, 0.4) is 0 Å². The Bertz CT molecular complexity index is 412. The highest BCUT2D eigenvalue weighted by atomic mass is 16.5. The van der Waals surface area contributed by atoms with Crippen molar-refractivity contribution in [1.29, 1.82) is 0 Å². The summed E-state index contributed by atoms with van der Waals surface area (Å²) in [7, 11) is 0. The van der Waals surface area contributed by atoms with Crippen molar-refractivity contribution in [2.45, 2.75) is 43.7 Å². The molecule has 20 heavy (non-hydrogen) atoms. The van der Waals surface area contributed by atoms with E-state index in [0.29, 0.717) is 5.92 Å². The highest BCUT2D eigenvalue weighted by Gasteiger charge is 2.40. The zero-order chi connectivity index (χ0) is 13.8. The highest BCUT2D eigenvalue weighted by Crippen LogP contribution is 2.38. The van der Waals surface area contributed by atoms with E-state index in [4.69, 9.17) is 15.2 Å². The monoisotopic (exact) mass is 276 g/mol. The summed E-state index contributed by atoms with van der Waals surface area (Å²) in [4.78, 5) is 4.17. The van der Waals surface area contributed by atoms with Gasteiger partial charge in [0.05, 0.1) is 5.60 Å². The third-order valence-corrected chi connectivity index (χ3v) is 4.73. The van der Waals surface area contributed by atoms with E-state index < -0.39 is 0 Å². The van der Waals surface area contributed by atoms with Gasteiger partial charge < -0.3 is 15.2 Å². The van der Waals surface area contributed by atoms with Gasteiger partial charge in [0.1, 0.15) is 0 Å². The number of pyridine rings is 1. The fourth-order valence-electron chi connectivity index (χ4n) is 3.48. The Morgan fingerprint density at radius 1 is 1.35 bits per heavy atom. The standard InChI is InChI=1S/C16H24N2O2/c17-15(10-13-2-1-6-18-12-13)14-3-7-20-16(11-14)4-8-19-9-5-16/h1-2,6,12,14-15H,3-5,7-11,17H2. The Morgan fingerprint density at radius 3 is 2.95 bits per heavy atom. The summed E-state index contributed by atoms with van der Waals surface area (Å²) in [5, 5.41) is 0. The molecule has 2 N–H and O–H groups in total. The zero-order valence-electron chi connectivity index (χ0n) is 12.0. The lowest BCUT2D eigenvalue weighted by Gasteiger charge is -2.44. The van der Waals surface area contributed by atoms with Crippen molar-refractivity contribution in [2.75, 3.05) is 19.8 Å². The minimum absolute atomic E-state index is 0.0354. The molecule has 2 saturated heterocycles. The molecule has 2 atom stereocenters. The summed E-state index contributed by atoms with van der Waals surface area (Å²) in [6.45, 7) is 2.49. The third-order valence-electron chi connectivity index (χ3n) is 4.73. The van der Waals surface area contributed by atoms with Crippen molar-refractivity contribution in [3.63, 3.8) is 0 Å². The van der Waals surface area contributed by atoms with E-state index in [1.165, 1.54) is 5.56 Å². The lowest BCUT2D eigenvalue weighted by atomic mass is 9.77. The molecule has 0 radical (unpaired) electrons. The Balaban J connectivity index is 1.61. The summed E-state index contributed by atoms with van der Waals surface area (Å²) in [5.74, 6) is 0.544. The van der Waals surface area contributed by atoms with Gasteiger partial charge in [-0.1, -0.05) is 6.07 Å². The van der Waals surface area contributed by atoms with Crippen LogP contribution < -0.4 is 5.73 Å². The van der Waals surface area contributed by atoms with Gasteiger partial charge in [0.2, 0.25) is 0 Å². The molecule has 1 spiro atoms. The molecule has 4 nitrogen and oxygen atoms in total. The van der Waals surface area contributed by atoms with Crippen LogP contribution in [0.5, 0.6) is 0 Å². The number of aromatic nitrogens is 1. The van der Waals surface area contributed by atoms with Gasteiger partial charge in [-0.25, -0.2) is 0 Å².